The predicted molar refractivity (Wildman–Crippen MR) is 73.2 cm³/mol. The summed E-state index contributed by atoms with van der Waals surface area (Å²) in [5.74, 6) is -0.719. The Bertz CT molecular complexity index is 723. The normalized spacial score (nSPS) is 16.6. The van der Waals surface area contributed by atoms with Crippen molar-refractivity contribution >= 4 is 11.6 Å². The average Bonchev–Trinajstić information content (AvgIpc) is 2.89. The number of carboxylic acids is 1. The van der Waals surface area contributed by atoms with E-state index in [0.717, 1.165) is 24.6 Å². The van der Waals surface area contributed by atoms with Gasteiger partial charge < -0.3 is 9.67 Å². The average molecular weight is 275 g/mol. The van der Waals surface area contributed by atoms with Gasteiger partial charge in [-0.15, -0.1) is 0 Å². The van der Waals surface area contributed by atoms with Crippen molar-refractivity contribution in [2.45, 2.75) is 38.0 Å². The molecule has 2 aromatic rings. The summed E-state index contributed by atoms with van der Waals surface area (Å²) in [7, 11) is 1.64. The number of hydrogen-bond donors (Lipinski definition) is 1. The first-order chi connectivity index (χ1) is 9.58. The molecule has 106 valence electrons. The number of rotatable bonds is 2. The minimum atomic E-state index is -1.10. The van der Waals surface area contributed by atoms with Gasteiger partial charge in [-0.2, -0.15) is 9.61 Å². The molecule has 1 saturated carbocycles. The van der Waals surface area contributed by atoms with Crippen molar-refractivity contribution in [2.75, 3.05) is 0 Å². The van der Waals surface area contributed by atoms with Gasteiger partial charge >= 0.3 is 5.97 Å². The molecule has 1 N–H and O–H groups in total. The third-order valence-electron chi connectivity index (χ3n) is 4.13. The van der Waals surface area contributed by atoms with Gasteiger partial charge in [-0.25, -0.2) is 4.79 Å². The topological polar surface area (TPSA) is 76.6 Å². The maximum Gasteiger partial charge on any atom is 0.352 e. The van der Waals surface area contributed by atoms with Gasteiger partial charge in [0.05, 0.1) is 5.69 Å². The van der Waals surface area contributed by atoms with Crippen molar-refractivity contribution in [3.63, 3.8) is 0 Å². The lowest BCUT2D eigenvalue weighted by Gasteiger charge is -2.18. The molecule has 1 aliphatic carbocycles. The number of fused-ring (bicyclic) bond motifs is 1. The van der Waals surface area contributed by atoms with E-state index in [4.69, 9.17) is 5.11 Å². The molecule has 1 aliphatic rings. The minimum Gasteiger partial charge on any atom is -0.477 e. The highest BCUT2D eigenvalue weighted by atomic mass is 16.4. The van der Waals surface area contributed by atoms with Crippen molar-refractivity contribution in [1.82, 2.24) is 14.2 Å². The molecule has 0 spiro atoms. The summed E-state index contributed by atoms with van der Waals surface area (Å²) < 4.78 is 2.80. The molecule has 0 atom stereocenters. The van der Waals surface area contributed by atoms with Gasteiger partial charge in [-0.3, -0.25) is 4.79 Å². The summed E-state index contributed by atoms with van der Waals surface area (Å²) in [5.41, 5.74) is 1.03. The van der Waals surface area contributed by atoms with Gasteiger partial charge in [-0.05, 0) is 12.8 Å². The lowest BCUT2D eigenvalue weighted by molar-refractivity contribution is 0.0685. The van der Waals surface area contributed by atoms with Crippen LogP contribution in [-0.4, -0.2) is 25.3 Å². The summed E-state index contributed by atoms with van der Waals surface area (Å²) in [6.07, 6.45) is 5.82. The fourth-order valence-corrected chi connectivity index (χ4v) is 2.99. The lowest BCUT2D eigenvalue weighted by atomic mass is 9.87. The molecule has 0 saturated heterocycles. The number of hydrogen-bond acceptors (Lipinski definition) is 3. The summed E-state index contributed by atoms with van der Waals surface area (Å²) >= 11 is 0. The van der Waals surface area contributed by atoms with Crippen molar-refractivity contribution in [3.8, 4) is 0 Å². The monoisotopic (exact) mass is 275 g/mol. The maximum atomic E-state index is 12.0. The fourth-order valence-electron chi connectivity index (χ4n) is 2.99. The van der Waals surface area contributed by atoms with E-state index in [2.05, 4.69) is 5.10 Å². The van der Waals surface area contributed by atoms with E-state index in [1.54, 1.807) is 7.05 Å². The number of carbonyl (C=O) groups is 1. The van der Waals surface area contributed by atoms with Crippen LogP contribution in [0, 0.1) is 0 Å². The minimum absolute atomic E-state index is 0.0161. The second-order valence-electron chi connectivity index (χ2n) is 5.41. The molecule has 1 fully saturated rings. The van der Waals surface area contributed by atoms with Crippen LogP contribution in [0.3, 0.4) is 0 Å². The molecular weight excluding hydrogens is 258 g/mol. The SMILES string of the molecule is Cn1c(C(=O)O)cc(=O)n2nc(C3CCCCC3)cc12. The molecule has 0 unspecified atom stereocenters. The van der Waals surface area contributed by atoms with E-state index in [9.17, 15) is 9.59 Å². The van der Waals surface area contributed by atoms with Crippen molar-refractivity contribution in [1.29, 1.82) is 0 Å². The van der Waals surface area contributed by atoms with E-state index in [-0.39, 0.29) is 5.69 Å². The zero-order valence-corrected chi connectivity index (χ0v) is 11.4. The summed E-state index contributed by atoms with van der Waals surface area (Å²) in [6, 6.07) is 2.97. The van der Waals surface area contributed by atoms with E-state index < -0.39 is 11.5 Å². The molecule has 2 aromatic heterocycles. The van der Waals surface area contributed by atoms with Gasteiger partial charge in [0.15, 0.2) is 0 Å². The summed E-state index contributed by atoms with van der Waals surface area (Å²) in [5, 5.41) is 13.5. The Labute approximate surface area is 115 Å². The zero-order chi connectivity index (χ0) is 14.3. The van der Waals surface area contributed by atoms with Crippen LogP contribution in [0.1, 0.15) is 54.2 Å². The molecule has 3 rings (SSSR count). The molecule has 0 aliphatic heterocycles. The lowest BCUT2D eigenvalue weighted by Crippen LogP contribution is -2.22. The first-order valence-corrected chi connectivity index (χ1v) is 6.91. The highest BCUT2D eigenvalue weighted by Gasteiger charge is 2.21. The van der Waals surface area contributed by atoms with Crippen LogP contribution in [0.4, 0.5) is 0 Å². The third-order valence-corrected chi connectivity index (χ3v) is 4.13. The number of nitrogens with zero attached hydrogens (tertiary/aromatic N) is 3. The van der Waals surface area contributed by atoms with Gasteiger partial charge in [-0.1, -0.05) is 19.3 Å². The van der Waals surface area contributed by atoms with Crippen LogP contribution in [0.5, 0.6) is 0 Å². The molecule has 6 heteroatoms. The summed E-state index contributed by atoms with van der Waals surface area (Å²) in [6.45, 7) is 0. The first kappa shape index (κ1) is 12.9. The van der Waals surface area contributed by atoms with Gasteiger partial charge in [0, 0.05) is 25.1 Å². The molecule has 0 radical (unpaired) electrons. The molecule has 0 bridgehead atoms. The van der Waals surface area contributed by atoms with Crippen LogP contribution in [0.25, 0.3) is 5.65 Å². The Hall–Kier alpha value is -2.11. The standard InChI is InChI=1S/C14H17N3O3/c1-16-11(14(19)20)8-13(18)17-12(16)7-10(15-17)9-5-3-2-4-6-9/h7-9H,2-6H2,1H3,(H,19,20). The molecule has 0 amide bonds. The van der Waals surface area contributed by atoms with Crippen molar-refractivity contribution in [2.24, 2.45) is 7.05 Å². The molecule has 0 aromatic carbocycles. The molecular formula is C14H17N3O3. The van der Waals surface area contributed by atoms with Crippen LogP contribution < -0.4 is 5.56 Å². The highest BCUT2D eigenvalue weighted by Crippen LogP contribution is 2.32. The Morgan fingerprint density at radius 2 is 2.00 bits per heavy atom. The first-order valence-electron chi connectivity index (χ1n) is 6.91. The fraction of sp³-hybridized carbons (Fsp3) is 0.500. The van der Waals surface area contributed by atoms with Crippen LogP contribution in [0.2, 0.25) is 0 Å². The predicted octanol–water partition coefficient (Wildman–Crippen LogP) is 1.78. The van der Waals surface area contributed by atoms with E-state index in [1.807, 2.05) is 6.07 Å². The van der Waals surface area contributed by atoms with E-state index in [0.29, 0.717) is 11.6 Å². The Morgan fingerprint density at radius 1 is 1.30 bits per heavy atom. The number of aromatic nitrogens is 3. The van der Waals surface area contributed by atoms with Gasteiger partial charge in [0.2, 0.25) is 0 Å². The molecule has 20 heavy (non-hydrogen) atoms. The Morgan fingerprint density at radius 3 is 2.65 bits per heavy atom. The summed E-state index contributed by atoms with van der Waals surface area (Å²) in [4.78, 5) is 23.1. The van der Waals surface area contributed by atoms with Crippen molar-refractivity contribution in [3.05, 3.63) is 33.9 Å². The third kappa shape index (κ3) is 2.01. The van der Waals surface area contributed by atoms with Gasteiger partial charge in [0.1, 0.15) is 11.3 Å². The Kier molecular flexibility index (Phi) is 3.08. The van der Waals surface area contributed by atoms with Crippen LogP contribution in [0.15, 0.2) is 16.9 Å². The number of aromatic carboxylic acids is 1. The second kappa shape index (κ2) is 4.77. The maximum absolute atomic E-state index is 12.0. The number of aryl methyl sites for hydroxylation is 1. The van der Waals surface area contributed by atoms with Gasteiger partial charge in [0.25, 0.3) is 5.56 Å². The highest BCUT2D eigenvalue weighted by molar-refractivity contribution is 5.86. The quantitative estimate of drug-likeness (QED) is 0.906. The van der Waals surface area contributed by atoms with Crippen molar-refractivity contribution < 1.29 is 9.90 Å². The Balaban J connectivity index is 2.15. The molecule has 6 nitrogen and oxygen atoms in total. The van der Waals surface area contributed by atoms with Crippen LogP contribution in [-0.2, 0) is 7.05 Å². The smallest absolute Gasteiger partial charge is 0.352 e. The zero-order valence-electron chi connectivity index (χ0n) is 11.4. The van der Waals surface area contributed by atoms with E-state index in [1.165, 1.54) is 28.3 Å². The largest absolute Gasteiger partial charge is 0.477 e. The second-order valence-corrected chi connectivity index (χ2v) is 5.41. The van der Waals surface area contributed by atoms with E-state index >= 15 is 0 Å². The van der Waals surface area contributed by atoms with Crippen LogP contribution >= 0.6 is 0 Å². The number of carboxylic acid groups (broad SMARTS) is 1. The molecule has 2 heterocycles.